The molecule has 208 valence electrons. The van der Waals surface area contributed by atoms with Gasteiger partial charge in [0.1, 0.15) is 17.4 Å². The van der Waals surface area contributed by atoms with Crippen LogP contribution in [-0.4, -0.2) is 29.4 Å². The largest absolute Gasteiger partial charge is 0.471 e. The maximum absolute atomic E-state index is 14.2. The number of fused-ring (bicyclic) bond motifs is 1. The van der Waals surface area contributed by atoms with E-state index in [9.17, 15) is 36.5 Å². The van der Waals surface area contributed by atoms with Crippen molar-refractivity contribution in [1.29, 1.82) is 0 Å². The molecule has 0 saturated carbocycles. The van der Waals surface area contributed by atoms with Gasteiger partial charge < -0.3 is 9.79 Å². The molecule has 0 fully saturated rings. The number of hydrogen-bond donors (Lipinski definition) is 2. The number of thiophene rings is 1. The van der Waals surface area contributed by atoms with Gasteiger partial charge in [0.05, 0.1) is 23.1 Å². The Morgan fingerprint density at radius 3 is 2.44 bits per heavy atom. The second kappa shape index (κ2) is 10.4. The van der Waals surface area contributed by atoms with Crippen LogP contribution >= 0.6 is 30.5 Å². The fraction of sp³-hybridized carbons (Fsp3) is 0.238. The van der Waals surface area contributed by atoms with E-state index in [1.165, 1.54) is 29.4 Å². The minimum atomic E-state index is -5.03. The molecule has 1 aromatic carbocycles. The maximum atomic E-state index is 14.2. The molecule has 4 rings (SSSR count). The molecule has 0 unspecified atom stereocenters. The number of hydrogen-bond acceptors (Lipinski definition) is 7. The van der Waals surface area contributed by atoms with Crippen LogP contribution in [0.2, 0.25) is 0 Å². The number of carbonyl (C=O) groups excluding carboxylic acids is 1. The number of phosphoric acid groups is 1. The van der Waals surface area contributed by atoms with Crippen LogP contribution < -0.4 is 16.1 Å². The SMILES string of the molecule is Cn1c(=O)c2c(CC(=O)/N=c3\scc(-c4ccc(C(F)(F)F)c(F)c4)n3COP(=O)(O)O)csc2n(C)c1=O. The van der Waals surface area contributed by atoms with Gasteiger partial charge in [0.2, 0.25) is 0 Å². The lowest BCUT2D eigenvalue weighted by Gasteiger charge is -2.12. The Bertz CT molecular complexity index is 1850. The van der Waals surface area contributed by atoms with E-state index >= 15 is 0 Å². The highest BCUT2D eigenvalue weighted by atomic mass is 32.1. The van der Waals surface area contributed by atoms with Crippen LogP contribution in [0.3, 0.4) is 0 Å². The number of phosphoric ester groups is 1. The van der Waals surface area contributed by atoms with Crippen molar-refractivity contribution in [2.75, 3.05) is 0 Å². The zero-order valence-electron chi connectivity index (χ0n) is 19.8. The van der Waals surface area contributed by atoms with Gasteiger partial charge >= 0.3 is 19.7 Å². The molecule has 0 spiro atoms. The predicted octanol–water partition coefficient (Wildman–Crippen LogP) is 2.72. The van der Waals surface area contributed by atoms with E-state index in [-0.39, 0.29) is 27.9 Å². The summed E-state index contributed by atoms with van der Waals surface area (Å²) in [5.41, 5.74) is -2.50. The molecule has 3 heterocycles. The number of rotatable bonds is 6. The van der Waals surface area contributed by atoms with Crippen LogP contribution in [0.15, 0.2) is 43.5 Å². The molecule has 3 aromatic heterocycles. The molecule has 11 nitrogen and oxygen atoms in total. The second-order valence-electron chi connectivity index (χ2n) is 8.10. The van der Waals surface area contributed by atoms with Crippen LogP contribution in [-0.2, 0) is 47.3 Å². The summed E-state index contributed by atoms with van der Waals surface area (Å²) in [5, 5.41) is 2.97. The number of alkyl halides is 3. The van der Waals surface area contributed by atoms with E-state index in [2.05, 4.69) is 9.52 Å². The van der Waals surface area contributed by atoms with E-state index in [0.717, 1.165) is 37.9 Å². The summed E-state index contributed by atoms with van der Waals surface area (Å²) >= 11 is 1.86. The first-order valence-electron chi connectivity index (χ1n) is 10.6. The molecule has 1 amide bonds. The van der Waals surface area contributed by atoms with Crippen LogP contribution in [0.4, 0.5) is 17.6 Å². The number of aryl methyl sites for hydroxylation is 1. The van der Waals surface area contributed by atoms with Crippen LogP contribution in [0, 0.1) is 5.82 Å². The smallest absolute Gasteiger partial charge is 0.303 e. The normalized spacial score (nSPS) is 13.0. The lowest BCUT2D eigenvalue weighted by molar-refractivity contribution is -0.140. The highest BCUT2D eigenvalue weighted by Gasteiger charge is 2.34. The highest BCUT2D eigenvalue weighted by molar-refractivity contribution is 7.46. The summed E-state index contributed by atoms with van der Waals surface area (Å²) in [7, 11) is -2.27. The molecule has 0 bridgehead atoms. The van der Waals surface area contributed by atoms with Crippen molar-refractivity contribution in [3.05, 3.63) is 71.5 Å². The molecule has 0 aliphatic heterocycles. The molecule has 4 aromatic rings. The minimum Gasteiger partial charge on any atom is -0.303 e. The van der Waals surface area contributed by atoms with E-state index < -0.39 is 49.3 Å². The Labute approximate surface area is 222 Å². The van der Waals surface area contributed by atoms with Crippen LogP contribution in [0.25, 0.3) is 21.5 Å². The third-order valence-electron chi connectivity index (χ3n) is 5.53. The molecule has 0 saturated heterocycles. The Kier molecular flexibility index (Phi) is 7.68. The van der Waals surface area contributed by atoms with Gasteiger partial charge in [-0.1, -0.05) is 6.07 Å². The van der Waals surface area contributed by atoms with Crippen molar-refractivity contribution >= 4 is 46.6 Å². The van der Waals surface area contributed by atoms with Crippen molar-refractivity contribution in [3.63, 3.8) is 0 Å². The fourth-order valence-corrected chi connectivity index (χ4v) is 5.88. The Hall–Kier alpha value is -3.21. The van der Waals surface area contributed by atoms with Gasteiger partial charge in [-0.15, -0.1) is 22.7 Å². The van der Waals surface area contributed by atoms with Crippen LogP contribution in [0.1, 0.15) is 11.1 Å². The molecule has 0 radical (unpaired) electrons. The number of thiazole rings is 1. The van der Waals surface area contributed by atoms with Gasteiger partial charge in [0.15, 0.2) is 4.80 Å². The summed E-state index contributed by atoms with van der Waals surface area (Å²) in [4.78, 5) is 60.0. The Balaban J connectivity index is 1.77. The number of halogens is 4. The highest BCUT2D eigenvalue weighted by Crippen LogP contribution is 2.37. The quantitative estimate of drug-likeness (QED) is 0.253. The third-order valence-corrected chi connectivity index (χ3v) is 7.95. The predicted molar refractivity (Wildman–Crippen MR) is 132 cm³/mol. The molecule has 18 heteroatoms. The molecule has 0 atom stereocenters. The van der Waals surface area contributed by atoms with Crippen molar-refractivity contribution in [3.8, 4) is 11.3 Å². The fourth-order valence-electron chi connectivity index (χ4n) is 3.67. The summed E-state index contributed by atoms with van der Waals surface area (Å²) in [6, 6.07) is 2.04. The Morgan fingerprint density at radius 1 is 1.13 bits per heavy atom. The van der Waals surface area contributed by atoms with Crippen molar-refractivity contribution in [2.45, 2.75) is 19.3 Å². The lowest BCUT2D eigenvalue weighted by atomic mass is 10.1. The zero-order chi connectivity index (χ0) is 28.9. The summed E-state index contributed by atoms with van der Waals surface area (Å²) in [5.74, 6) is -2.37. The molecule has 0 aliphatic carbocycles. The summed E-state index contributed by atoms with van der Waals surface area (Å²) in [6.45, 7) is -0.873. The summed E-state index contributed by atoms with van der Waals surface area (Å²) < 4.78 is 72.0. The number of benzene rings is 1. The third kappa shape index (κ3) is 5.88. The maximum Gasteiger partial charge on any atom is 0.471 e. The second-order valence-corrected chi connectivity index (χ2v) is 11.0. The monoisotopic (exact) mass is 608 g/mol. The first kappa shape index (κ1) is 28.8. The average Bonchev–Trinajstić information content (AvgIpc) is 3.42. The average molecular weight is 608 g/mol. The topological polar surface area (TPSA) is 145 Å². The van der Waals surface area contributed by atoms with Gasteiger partial charge in [-0.05, 0) is 23.1 Å². The van der Waals surface area contributed by atoms with Crippen molar-refractivity contribution in [1.82, 2.24) is 13.7 Å². The van der Waals surface area contributed by atoms with E-state index in [4.69, 9.17) is 9.79 Å². The molecule has 0 aliphatic rings. The van der Waals surface area contributed by atoms with Gasteiger partial charge in [-0.3, -0.25) is 27.8 Å². The van der Waals surface area contributed by atoms with Gasteiger partial charge in [-0.25, -0.2) is 13.8 Å². The zero-order valence-corrected chi connectivity index (χ0v) is 22.3. The van der Waals surface area contributed by atoms with Gasteiger partial charge in [0.25, 0.3) is 11.5 Å². The standard InChI is InChI=1S/C21H17F4N4O7PS2/c1-27-17(31)16-11(7-38-18(16)28(2)20(27)32)6-15(30)26-19-29(9-36-37(33,34)35)14(8-39-19)10-3-4-12(13(22)5-10)21(23,24)25/h3-5,7-8H,6,9H2,1-2H3,(H2,33,34,35)/b26-19-. The first-order valence-corrected chi connectivity index (χ1v) is 13.9. The van der Waals surface area contributed by atoms with Gasteiger partial charge in [-0.2, -0.15) is 18.2 Å². The minimum absolute atomic E-state index is 0.0301. The number of aromatic nitrogens is 3. The van der Waals surface area contributed by atoms with E-state index in [1.54, 1.807) is 0 Å². The number of carbonyl (C=O) groups is 1. The number of nitrogens with zero attached hydrogens (tertiary/aromatic N) is 4. The number of amides is 1. The first-order chi connectivity index (χ1) is 18.1. The molecule has 39 heavy (non-hydrogen) atoms. The van der Waals surface area contributed by atoms with Gasteiger partial charge in [0, 0.05) is 25.0 Å². The lowest BCUT2D eigenvalue weighted by Crippen LogP contribution is -2.36. The molecule has 2 N–H and O–H groups in total. The molecular formula is C21H17F4N4O7PS2. The molecular weight excluding hydrogens is 591 g/mol. The van der Waals surface area contributed by atoms with Crippen molar-refractivity contribution in [2.24, 2.45) is 19.1 Å². The Morgan fingerprint density at radius 2 is 1.82 bits per heavy atom. The van der Waals surface area contributed by atoms with Crippen molar-refractivity contribution < 1.29 is 41.2 Å². The van der Waals surface area contributed by atoms with E-state index in [1.807, 2.05) is 0 Å². The van der Waals surface area contributed by atoms with Crippen LogP contribution in [0.5, 0.6) is 0 Å². The summed E-state index contributed by atoms with van der Waals surface area (Å²) in [6.07, 6.45) is -5.32. The van der Waals surface area contributed by atoms with E-state index in [0.29, 0.717) is 22.5 Å².